The van der Waals surface area contributed by atoms with Crippen molar-refractivity contribution in [2.45, 2.75) is 72.1 Å². The average Bonchev–Trinajstić information content (AvgIpc) is 2.84. The maximum absolute atomic E-state index is 4.16. The fraction of sp³-hybridized carbons (Fsp3) is 0.818. The molecule has 0 aromatic carbocycles. The lowest BCUT2D eigenvalue weighted by Gasteiger charge is -2.58. The Hall–Kier alpha value is -0.520. The molecule has 3 saturated carbocycles. The van der Waals surface area contributed by atoms with E-state index in [4.69, 9.17) is 0 Å². The van der Waals surface area contributed by atoms with Crippen LogP contribution in [-0.4, -0.2) is 0 Å². The van der Waals surface area contributed by atoms with Crippen LogP contribution in [0.15, 0.2) is 24.3 Å². The minimum absolute atomic E-state index is 0.545. The second-order valence-electron chi connectivity index (χ2n) is 9.57. The van der Waals surface area contributed by atoms with Crippen LogP contribution in [0.25, 0.3) is 0 Å². The smallest absolute Gasteiger partial charge is 0.00851 e. The first-order valence-electron chi connectivity index (χ1n) is 9.81. The van der Waals surface area contributed by atoms with Crippen molar-refractivity contribution >= 4 is 0 Å². The zero-order valence-corrected chi connectivity index (χ0v) is 14.9. The maximum Gasteiger partial charge on any atom is -0.00851 e. The van der Waals surface area contributed by atoms with E-state index in [1.807, 2.05) is 5.57 Å². The van der Waals surface area contributed by atoms with Crippen LogP contribution in [0.5, 0.6) is 0 Å². The summed E-state index contributed by atoms with van der Waals surface area (Å²) in [5, 5.41) is 0. The van der Waals surface area contributed by atoms with Crippen molar-refractivity contribution in [3.05, 3.63) is 24.3 Å². The summed E-state index contributed by atoms with van der Waals surface area (Å²) in [6, 6.07) is 0. The Labute approximate surface area is 137 Å². The molecule has 0 saturated heterocycles. The molecular weight excluding hydrogens is 264 g/mol. The van der Waals surface area contributed by atoms with Gasteiger partial charge in [0.15, 0.2) is 0 Å². The topological polar surface area (TPSA) is 0 Å². The van der Waals surface area contributed by atoms with Gasteiger partial charge in [-0.1, -0.05) is 38.5 Å². The van der Waals surface area contributed by atoms with Crippen molar-refractivity contribution < 1.29 is 0 Å². The first kappa shape index (κ1) is 15.0. The van der Waals surface area contributed by atoms with Crippen LogP contribution in [0, 0.1) is 40.4 Å². The van der Waals surface area contributed by atoms with Gasteiger partial charge in [0.1, 0.15) is 0 Å². The van der Waals surface area contributed by atoms with Crippen molar-refractivity contribution in [3.8, 4) is 0 Å². The third kappa shape index (κ3) is 1.88. The summed E-state index contributed by atoms with van der Waals surface area (Å²) in [5.41, 5.74) is 2.95. The molecule has 0 aromatic heterocycles. The number of hydrogen-bond acceptors (Lipinski definition) is 0. The summed E-state index contributed by atoms with van der Waals surface area (Å²) in [7, 11) is 0. The van der Waals surface area contributed by atoms with E-state index < -0.39 is 0 Å². The van der Waals surface area contributed by atoms with Gasteiger partial charge in [0, 0.05) is 0 Å². The number of rotatable bonds is 1. The van der Waals surface area contributed by atoms with E-state index in [1.165, 1.54) is 51.4 Å². The standard InChI is InChI=1S/C22H34/c1-5-16-7-9-19-18-8-6-17-14-15(2)10-12-22(17,4)20(18)11-13-21(16,19)3/h5-6,15-16,18-20H,1,7-14H2,2-4H3. The molecule has 122 valence electrons. The highest BCUT2D eigenvalue weighted by molar-refractivity contribution is 5.25. The van der Waals surface area contributed by atoms with E-state index in [-0.39, 0.29) is 0 Å². The normalized spacial score (nSPS) is 54.0. The zero-order valence-electron chi connectivity index (χ0n) is 14.9. The van der Waals surface area contributed by atoms with Crippen LogP contribution in [-0.2, 0) is 0 Å². The van der Waals surface area contributed by atoms with Gasteiger partial charge in [-0.05, 0) is 91.8 Å². The molecule has 0 aromatic rings. The summed E-state index contributed by atoms with van der Waals surface area (Å²) in [5.74, 6) is 4.60. The maximum atomic E-state index is 4.16. The van der Waals surface area contributed by atoms with E-state index in [9.17, 15) is 0 Å². The fourth-order valence-electron chi connectivity index (χ4n) is 7.27. The summed E-state index contributed by atoms with van der Waals surface area (Å²) >= 11 is 0. The molecule has 0 spiro atoms. The minimum Gasteiger partial charge on any atom is -0.103 e. The van der Waals surface area contributed by atoms with Gasteiger partial charge in [0.05, 0.1) is 0 Å². The van der Waals surface area contributed by atoms with Crippen LogP contribution >= 0.6 is 0 Å². The van der Waals surface area contributed by atoms with Crippen LogP contribution in [0.3, 0.4) is 0 Å². The second kappa shape index (κ2) is 4.99. The molecule has 22 heavy (non-hydrogen) atoms. The molecule has 0 amide bonds. The van der Waals surface area contributed by atoms with Gasteiger partial charge in [0.2, 0.25) is 0 Å². The minimum atomic E-state index is 0.545. The van der Waals surface area contributed by atoms with Crippen LogP contribution in [0.1, 0.15) is 72.1 Å². The number of allylic oxidation sites excluding steroid dienone is 3. The van der Waals surface area contributed by atoms with Crippen LogP contribution in [0.2, 0.25) is 0 Å². The third-order valence-corrected chi connectivity index (χ3v) is 8.71. The molecular formula is C22H34. The molecule has 4 rings (SSSR count). The lowest BCUT2D eigenvalue weighted by Crippen LogP contribution is -2.49. The van der Waals surface area contributed by atoms with Crippen LogP contribution in [0.4, 0.5) is 0 Å². The van der Waals surface area contributed by atoms with Gasteiger partial charge in [-0.2, -0.15) is 0 Å². The number of fused-ring (bicyclic) bond motifs is 5. The van der Waals surface area contributed by atoms with Gasteiger partial charge in [0.25, 0.3) is 0 Å². The van der Waals surface area contributed by atoms with E-state index in [0.717, 1.165) is 29.6 Å². The van der Waals surface area contributed by atoms with Crippen molar-refractivity contribution in [1.29, 1.82) is 0 Å². The molecule has 0 N–H and O–H groups in total. The Morgan fingerprint density at radius 2 is 1.91 bits per heavy atom. The average molecular weight is 299 g/mol. The van der Waals surface area contributed by atoms with Gasteiger partial charge in [-0.25, -0.2) is 0 Å². The molecule has 0 heteroatoms. The Bertz CT molecular complexity index is 500. The van der Waals surface area contributed by atoms with E-state index in [2.05, 4.69) is 39.5 Å². The Morgan fingerprint density at radius 1 is 1.09 bits per heavy atom. The van der Waals surface area contributed by atoms with Crippen molar-refractivity contribution in [2.24, 2.45) is 40.4 Å². The lowest BCUT2D eigenvalue weighted by molar-refractivity contribution is -0.0375. The van der Waals surface area contributed by atoms with Crippen molar-refractivity contribution in [3.63, 3.8) is 0 Å². The van der Waals surface area contributed by atoms with E-state index in [0.29, 0.717) is 10.8 Å². The summed E-state index contributed by atoms with van der Waals surface area (Å²) in [6.45, 7) is 11.8. The monoisotopic (exact) mass is 298 g/mol. The Kier molecular flexibility index (Phi) is 3.41. The van der Waals surface area contributed by atoms with E-state index >= 15 is 0 Å². The predicted octanol–water partition coefficient (Wildman–Crippen LogP) is 6.39. The van der Waals surface area contributed by atoms with E-state index in [1.54, 1.807) is 0 Å². The zero-order chi connectivity index (χ0) is 15.5. The highest BCUT2D eigenvalue weighted by Gasteiger charge is 2.57. The fourth-order valence-corrected chi connectivity index (χ4v) is 7.27. The predicted molar refractivity (Wildman–Crippen MR) is 94.6 cm³/mol. The molecule has 7 unspecified atom stereocenters. The highest BCUT2D eigenvalue weighted by Crippen LogP contribution is 2.66. The second-order valence-corrected chi connectivity index (χ2v) is 9.57. The van der Waals surface area contributed by atoms with Crippen molar-refractivity contribution in [1.82, 2.24) is 0 Å². The molecule has 3 fully saturated rings. The number of hydrogen-bond donors (Lipinski definition) is 0. The SMILES string of the molecule is C=CC1CCC2C3CC=C4CC(C)CCC4(C)C3CCC12C. The quantitative estimate of drug-likeness (QED) is 0.492. The highest BCUT2D eigenvalue weighted by atomic mass is 14.6. The Balaban J connectivity index is 1.67. The summed E-state index contributed by atoms with van der Waals surface area (Å²) < 4.78 is 0. The molecule has 0 aliphatic heterocycles. The molecule has 7 atom stereocenters. The largest absolute Gasteiger partial charge is 0.103 e. The molecule has 0 nitrogen and oxygen atoms in total. The Morgan fingerprint density at radius 3 is 2.68 bits per heavy atom. The van der Waals surface area contributed by atoms with Gasteiger partial charge in [-0.15, -0.1) is 6.58 Å². The summed E-state index contributed by atoms with van der Waals surface area (Å²) in [4.78, 5) is 0. The van der Waals surface area contributed by atoms with Crippen LogP contribution < -0.4 is 0 Å². The van der Waals surface area contributed by atoms with Gasteiger partial charge >= 0.3 is 0 Å². The third-order valence-electron chi connectivity index (χ3n) is 8.71. The van der Waals surface area contributed by atoms with Gasteiger partial charge < -0.3 is 0 Å². The molecule has 4 aliphatic carbocycles. The van der Waals surface area contributed by atoms with Crippen molar-refractivity contribution in [2.75, 3.05) is 0 Å². The first-order valence-corrected chi connectivity index (χ1v) is 9.81. The molecule has 0 radical (unpaired) electrons. The molecule has 4 aliphatic rings. The summed E-state index contributed by atoms with van der Waals surface area (Å²) in [6.07, 6.45) is 16.5. The molecule has 0 bridgehead atoms. The first-order chi connectivity index (χ1) is 10.5. The molecule has 0 heterocycles. The lowest BCUT2D eigenvalue weighted by atomic mass is 9.47. The van der Waals surface area contributed by atoms with Gasteiger partial charge in [-0.3, -0.25) is 0 Å².